The molecule has 1 aromatic heterocycles. The first-order chi connectivity index (χ1) is 9.08. The second-order valence-electron chi connectivity index (χ2n) is 7.84. The van der Waals surface area contributed by atoms with Gasteiger partial charge in [-0.05, 0) is 45.1 Å². The van der Waals surface area contributed by atoms with E-state index in [-0.39, 0.29) is 5.54 Å². The van der Waals surface area contributed by atoms with Gasteiger partial charge in [-0.1, -0.05) is 27.7 Å². The van der Waals surface area contributed by atoms with Crippen LogP contribution in [0.2, 0.25) is 0 Å². The molecule has 3 nitrogen and oxygen atoms in total. The maximum Gasteiger partial charge on any atom is 0.117 e. The van der Waals surface area contributed by atoms with Gasteiger partial charge in [-0.25, -0.2) is 0 Å². The topological polar surface area (TPSA) is 37.8 Å². The normalized spacial score (nSPS) is 14.6. The molecule has 4 heteroatoms. The zero-order valence-corrected chi connectivity index (χ0v) is 15.0. The van der Waals surface area contributed by atoms with E-state index in [2.05, 4.69) is 64.0 Å². The summed E-state index contributed by atoms with van der Waals surface area (Å²) < 4.78 is 0. The minimum absolute atomic E-state index is 0.203. The van der Waals surface area contributed by atoms with Crippen LogP contribution in [0.25, 0.3) is 0 Å². The molecule has 0 saturated carbocycles. The number of aromatic nitrogens is 2. The second kappa shape index (κ2) is 6.99. The van der Waals surface area contributed by atoms with Crippen molar-refractivity contribution in [3.8, 4) is 0 Å². The third-order valence-electron chi connectivity index (χ3n) is 3.69. The lowest BCUT2D eigenvalue weighted by Gasteiger charge is -2.26. The first-order valence-corrected chi connectivity index (χ1v) is 8.46. The molecule has 0 radical (unpaired) electrons. The van der Waals surface area contributed by atoms with E-state index in [1.807, 2.05) is 0 Å². The molecule has 1 rings (SSSR count). The van der Waals surface area contributed by atoms with Gasteiger partial charge in [-0.3, -0.25) is 0 Å². The van der Waals surface area contributed by atoms with E-state index in [0.717, 1.165) is 25.8 Å². The molecule has 0 fully saturated rings. The minimum Gasteiger partial charge on any atom is -0.312 e. The zero-order chi connectivity index (χ0) is 15.4. The van der Waals surface area contributed by atoms with Crippen LogP contribution in [0.4, 0.5) is 0 Å². The van der Waals surface area contributed by atoms with Crippen LogP contribution in [0, 0.1) is 11.3 Å². The number of hydrogen-bond acceptors (Lipinski definition) is 4. The summed E-state index contributed by atoms with van der Waals surface area (Å²) in [7, 11) is 0. The molecule has 1 N–H and O–H groups in total. The molecule has 1 atom stereocenters. The fraction of sp³-hybridized carbons (Fsp3) is 0.875. The third-order valence-corrected chi connectivity index (χ3v) is 4.70. The average Bonchev–Trinajstić information content (AvgIpc) is 2.69. The Bertz CT molecular complexity index is 399. The lowest BCUT2D eigenvalue weighted by Crippen LogP contribution is -2.36. The number of hydrogen-bond donors (Lipinski definition) is 1. The van der Waals surface area contributed by atoms with Crippen molar-refractivity contribution in [1.29, 1.82) is 0 Å². The fourth-order valence-corrected chi connectivity index (χ4v) is 2.76. The van der Waals surface area contributed by atoms with Gasteiger partial charge in [0.05, 0.1) is 0 Å². The van der Waals surface area contributed by atoms with Gasteiger partial charge in [0.1, 0.15) is 10.0 Å². The van der Waals surface area contributed by atoms with E-state index in [1.54, 1.807) is 11.3 Å². The largest absolute Gasteiger partial charge is 0.312 e. The van der Waals surface area contributed by atoms with Gasteiger partial charge in [-0.15, -0.1) is 21.5 Å². The predicted molar refractivity (Wildman–Crippen MR) is 88.3 cm³/mol. The molecule has 0 spiro atoms. The van der Waals surface area contributed by atoms with Gasteiger partial charge in [0, 0.05) is 18.4 Å². The molecule has 1 aromatic rings. The molecular formula is C16H31N3S. The van der Waals surface area contributed by atoms with Crippen LogP contribution in [0.3, 0.4) is 0 Å². The maximum absolute atomic E-state index is 4.35. The number of aryl methyl sites for hydroxylation is 1. The number of nitrogens with zero attached hydrogens (tertiary/aromatic N) is 2. The molecular weight excluding hydrogens is 266 g/mol. The highest BCUT2D eigenvalue weighted by Gasteiger charge is 2.21. The van der Waals surface area contributed by atoms with Crippen molar-refractivity contribution < 1.29 is 0 Å². The highest BCUT2D eigenvalue weighted by molar-refractivity contribution is 7.11. The summed E-state index contributed by atoms with van der Waals surface area (Å²) in [5.74, 6) is 0.630. The van der Waals surface area contributed by atoms with Crippen LogP contribution >= 0.6 is 11.3 Å². The Morgan fingerprint density at radius 2 is 1.65 bits per heavy atom. The highest BCUT2D eigenvalue weighted by atomic mass is 32.1. The maximum atomic E-state index is 4.35. The Labute approximate surface area is 128 Å². The summed E-state index contributed by atoms with van der Waals surface area (Å²) in [6.07, 6.45) is 3.20. The molecule has 0 saturated heterocycles. The minimum atomic E-state index is 0.203. The van der Waals surface area contributed by atoms with Gasteiger partial charge in [0.2, 0.25) is 0 Å². The molecule has 0 amide bonds. The van der Waals surface area contributed by atoms with Crippen molar-refractivity contribution in [2.45, 2.75) is 73.3 Å². The van der Waals surface area contributed by atoms with E-state index in [1.165, 1.54) is 10.0 Å². The highest BCUT2D eigenvalue weighted by Crippen LogP contribution is 2.29. The molecule has 1 unspecified atom stereocenters. The number of nitrogens with one attached hydrogen (secondary N) is 1. The predicted octanol–water partition coefficient (Wildman–Crippen LogP) is 4.08. The van der Waals surface area contributed by atoms with Crippen molar-refractivity contribution >= 4 is 11.3 Å². The van der Waals surface area contributed by atoms with Crippen LogP contribution < -0.4 is 5.32 Å². The molecule has 1 heterocycles. The molecule has 20 heavy (non-hydrogen) atoms. The van der Waals surface area contributed by atoms with Gasteiger partial charge >= 0.3 is 0 Å². The quantitative estimate of drug-likeness (QED) is 0.804. The SMILES string of the molecule is CC(Cc1nnc(CCCNC(C)(C)C)s1)C(C)(C)C. The smallest absolute Gasteiger partial charge is 0.117 e. The van der Waals surface area contributed by atoms with Crippen molar-refractivity contribution in [3.63, 3.8) is 0 Å². The standard InChI is InChI=1S/C16H31N3S/c1-12(15(2,3)4)11-14-19-18-13(20-14)9-8-10-17-16(5,6)7/h12,17H,8-11H2,1-7H3. The Kier molecular flexibility index (Phi) is 6.14. The Balaban J connectivity index is 2.37. The summed E-state index contributed by atoms with van der Waals surface area (Å²) >= 11 is 1.79. The molecule has 0 aliphatic carbocycles. The van der Waals surface area contributed by atoms with Crippen LogP contribution in [0.1, 0.15) is 64.9 Å². The Morgan fingerprint density at radius 3 is 2.20 bits per heavy atom. The molecule has 0 aliphatic heterocycles. The summed E-state index contributed by atoms with van der Waals surface area (Å²) in [6.45, 7) is 16.8. The summed E-state index contributed by atoms with van der Waals surface area (Å²) in [5.41, 5.74) is 0.539. The molecule has 0 bridgehead atoms. The van der Waals surface area contributed by atoms with Gasteiger partial charge in [0.15, 0.2) is 0 Å². The summed E-state index contributed by atoms with van der Waals surface area (Å²) in [6, 6.07) is 0. The van der Waals surface area contributed by atoms with E-state index in [0.29, 0.717) is 11.3 Å². The van der Waals surface area contributed by atoms with Gasteiger partial charge in [-0.2, -0.15) is 0 Å². The lowest BCUT2D eigenvalue weighted by molar-refractivity contribution is 0.259. The lowest BCUT2D eigenvalue weighted by atomic mass is 9.80. The van der Waals surface area contributed by atoms with Crippen LogP contribution in [0.5, 0.6) is 0 Å². The van der Waals surface area contributed by atoms with Gasteiger partial charge < -0.3 is 5.32 Å². The monoisotopic (exact) mass is 297 g/mol. The average molecular weight is 298 g/mol. The molecule has 0 aromatic carbocycles. The second-order valence-corrected chi connectivity index (χ2v) is 8.99. The first kappa shape index (κ1) is 17.6. The molecule has 116 valence electrons. The van der Waals surface area contributed by atoms with E-state index in [9.17, 15) is 0 Å². The first-order valence-electron chi connectivity index (χ1n) is 7.64. The van der Waals surface area contributed by atoms with Crippen LogP contribution in [-0.4, -0.2) is 22.3 Å². The Morgan fingerprint density at radius 1 is 1.05 bits per heavy atom. The van der Waals surface area contributed by atoms with E-state index >= 15 is 0 Å². The van der Waals surface area contributed by atoms with Crippen molar-refractivity contribution in [2.24, 2.45) is 11.3 Å². The third kappa shape index (κ3) is 6.80. The van der Waals surface area contributed by atoms with Gasteiger partial charge in [0.25, 0.3) is 0 Å². The summed E-state index contributed by atoms with van der Waals surface area (Å²) in [5, 5.41) is 14.5. The van der Waals surface area contributed by atoms with Crippen molar-refractivity contribution in [1.82, 2.24) is 15.5 Å². The van der Waals surface area contributed by atoms with Crippen LogP contribution in [0.15, 0.2) is 0 Å². The summed E-state index contributed by atoms with van der Waals surface area (Å²) in [4.78, 5) is 0. The van der Waals surface area contributed by atoms with E-state index in [4.69, 9.17) is 0 Å². The van der Waals surface area contributed by atoms with Crippen LogP contribution in [-0.2, 0) is 12.8 Å². The number of rotatable bonds is 6. The zero-order valence-electron chi connectivity index (χ0n) is 14.2. The van der Waals surface area contributed by atoms with Crippen molar-refractivity contribution in [3.05, 3.63) is 10.0 Å². The Hall–Kier alpha value is -0.480. The fourth-order valence-electron chi connectivity index (χ4n) is 1.74. The molecule has 0 aliphatic rings. The van der Waals surface area contributed by atoms with Crippen molar-refractivity contribution in [2.75, 3.05) is 6.54 Å². The van der Waals surface area contributed by atoms with E-state index < -0.39 is 0 Å².